The molecule has 0 saturated carbocycles. The molecular formula is C12H11NO3. The van der Waals surface area contributed by atoms with Gasteiger partial charge in [0.25, 0.3) is 0 Å². The molecule has 2 rings (SSSR count). The number of allylic oxidation sites excluding steroid dienone is 5. The Morgan fingerprint density at radius 1 is 1.44 bits per heavy atom. The minimum Gasteiger partial charge on any atom is -0.480 e. The van der Waals surface area contributed by atoms with Crippen molar-refractivity contribution in [2.45, 2.75) is 0 Å². The van der Waals surface area contributed by atoms with Gasteiger partial charge in [0.15, 0.2) is 0 Å². The highest BCUT2D eigenvalue weighted by molar-refractivity contribution is 5.90. The first kappa shape index (κ1) is 10.4. The second kappa shape index (κ2) is 4.18. The van der Waals surface area contributed by atoms with Crippen molar-refractivity contribution in [3.8, 4) is 0 Å². The van der Waals surface area contributed by atoms with Crippen LogP contribution in [-0.2, 0) is 9.59 Å². The molecule has 0 amide bonds. The number of fused-ring (bicyclic) bond motifs is 1. The zero-order valence-electron chi connectivity index (χ0n) is 8.54. The standard InChI is InChI=1S/C12H11NO3/c14-8-11(12(15)16)9-4-5-10-3-1-2-6-13(10)7-9/h1-6,8,11H,7H2,(H,15,16). The van der Waals surface area contributed by atoms with Crippen LogP contribution in [0.2, 0.25) is 0 Å². The van der Waals surface area contributed by atoms with Crippen molar-refractivity contribution in [1.82, 2.24) is 4.90 Å². The van der Waals surface area contributed by atoms with E-state index in [1.165, 1.54) is 0 Å². The number of nitrogens with zero attached hydrogens (tertiary/aromatic N) is 1. The zero-order valence-corrected chi connectivity index (χ0v) is 8.54. The van der Waals surface area contributed by atoms with Gasteiger partial charge in [0.05, 0.1) is 0 Å². The fraction of sp³-hybridized carbons (Fsp3) is 0.167. The highest BCUT2D eigenvalue weighted by atomic mass is 16.4. The highest BCUT2D eigenvalue weighted by Crippen LogP contribution is 2.23. The predicted molar refractivity (Wildman–Crippen MR) is 58.3 cm³/mol. The van der Waals surface area contributed by atoms with Crippen LogP contribution in [0.3, 0.4) is 0 Å². The highest BCUT2D eigenvalue weighted by Gasteiger charge is 2.25. The van der Waals surface area contributed by atoms with Crippen LogP contribution in [0.5, 0.6) is 0 Å². The topological polar surface area (TPSA) is 57.6 Å². The molecular weight excluding hydrogens is 206 g/mol. The van der Waals surface area contributed by atoms with Crippen LogP contribution in [0, 0.1) is 5.92 Å². The molecule has 0 aliphatic carbocycles. The van der Waals surface area contributed by atoms with Gasteiger partial charge >= 0.3 is 5.97 Å². The number of carbonyl (C=O) groups is 2. The number of carboxylic acids is 1. The molecule has 0 aromatic carbocycles. The van der Waals surface area contributed by atoms with Crippen LogP contribution >= 0.6 is 0 Å². The van der Waals surface area contributed by atoms with E-state index >= 15 is 0 Å². The van der Waals surface area contributed by atoms with Gasteiger partial charge < -0.3 is 14.8 Å². The van der Waals surface area contributed by atoms with Crippen LogP contribution < -0.4 is 0 Å². The Balaban J connectivity index is 2.26. The molecule has 82 valence electrons. The van der Waals surface area contributed by atoms with Gasteiger partial charge in [0, 0.05) is 18.4 Å². The Kier molecular flexibility index (Phi) is 2.72. The number of rotatable bonds is 3. The van der Waals surface area contributed by atoms with E-state index in [9.17, 15) is 9.59 Å². The van der Waals surface area contributed by atoms with E-state index in [4.69, 9.17) is 5.11 Å². The third-order valence-corrected chi connectivity index (χ3v) is 2.60. The van der Waals surface area contributed by atoms with Crippen LogP contribution in [0.4, 0.5) is 0 Å². The molecule has 0 aromatic rings. The van der Waals surface area contributed by atoms with Gasteiger partial charge in [0.2, 0.25) is 0 Å². The quantitative estimate of drug-likeness (QED) is 0.568. The predicted octanol–water partition coefficient (Wildman–Crippen LogP) is 1.10. The molecule has 2 heterocycles. The summed E-state index contributed by atoms with van der Waals surface area (Å²) in [6.45, 7) is 0.447. The van der Waals surface area contributed by atoms with Crippen molar-refractivity contribution < 1.29 is 14.7 Å². The summed E-state index contributed by atoms with van der Waals surface area (Å²) in [7, 11) is 0. The second-order valence-electron chi connectivity index (χ2n) is 3.61. The van der Waals surface area contributed by atoms with E-state index in [-0.39, 0.29) is 0 Å². The molecule has 1 atom stereocenters. The summed E-state index contributed by atoms with van der Waals surface area (Å²) in [6, 6.07) is 0. The van der Waals surface area contributed by atoms with Gasteiger partial charge in [-0.3, -0.25) is 4.79 Å². The molecule has 0 bridgehead atoms. The lowest BCUT2D eigenvalue weighted by molar-refractivity contribution is -0.142. The maximum atomic E-state index is 10.8. The normalized spacial score (nSPS) is 19.6. The molecule has 0 fully saturated rings. The van der Waals surface area contributed by atoms with Crippen LogP contribution in [0.1, 0.15) is 0 Å². The van der Waals surface area contributed by atoms with E-state index < -0.39 is 11.9 Å². The molecule has 4 nitrogen and oxygen atoms in total. The van der Waals surface area contributed by atoms with Crippen molar-refractivity contribution in [3.63, 3.8) is 0 Å². The second-order valence-corrected chi connectivity index (χ2v) is 3.61. The zero-order chi connectivity index (χ0) is 11.5. The third kappa shape index (κ3) is 1.82. The maximum absolute atomic E-state index is 10.8. The molecule has 0 spiro atoms. The lowest BCUT2D eigenvalue weighted by Gasteiger charge is -2.28. The number of carbonyl (C=O) groups excluding carboxylic acids is 1. The van der Waals surface area contributed by atoms with Gasteiger partial charge in [0.1, 0.15) is 12.2 Å². The van der Waals surface area contributed by atoms with Gasteiger partial charge in [-0.2, -0.15) is 0 Å². The molecule has 0 aromatic heterocycles. The Labute approximate surface area is 92.9 Å². The first-order valence-corrected chi connectivity index (χ1v) is 4.93. The minimum atomic E-state index is -1.10. The number of carboxylic acid groups (broad SMARTS) is 1. The third-order valence-electron chi connectivity index (χ3n) is 2.60. The largest absolute Gasteiger partial charge is 0.480 e. The minimum absolute atomic E-state index is 0.447. The lowest BCUT2D eigenvalue weighted by atomic mass is 9.96. The van der Waals surface area contributed by atoms with Crippen LogP contribution in [0.25, 0.3) is 0 Å². The average Bonchev–Trinajstić information content (AvgIpc) is 2.29. The van der Waals surface area contributed by atoms with Gasteiger partial charge in [-0.1, -0.05) is 12.2 Å². The van der Waals surface area contributed by atoms with Crippen LogP contribution in [0.15, 0.2) is 47.9 Å². The fourth-order valence-corrected chi connectivity index (χ4v) is 1.73. The molecule has 4 heteroatoms. The van der Waals surface area contributed by atoms with Gasteiger partial charge in [-0.25, -0.2) is 0 Å². The summed E-state index contributed by atoms with van der Waals surface area (Å²) in [5.74, 6) is -2.15. The smallest absolute Gasteiger partial charge is 0.318 e. The Morgan fingerprint density at radius 2 is 2.25 bits per heavy atom. The molecule has 2 aliphatic heterocycles. The van der Waals surface area contributed by atoms with Crippen molar-refractivity contribution >= 4 is 12.3 Å². The number of hydrogen-bond donors (Lipinski definition) is 1. The van der Waals surface area contributed by atoms with Crippen molar-refractivity contribution in [3.05, 3.63) is 47.9 Å². The molecule has 16 heavy (non-hydrogen) atoms. The fourth-order valence-electron chi connectivity index (χ4n) is 1.73. The first-order valence-electron chi connectivity index (χ1n) is 4.93. The van der Waals surface area contributed by atoms with Crippen molar-refractivity contribution in [2.75, 3.05) is 6.54 Å². The molecule has 2 aliphatic rings. The monoisotopic (exact) mass is 217 g/mol. The summed E-state index contributed by atoms with van der Waals surface area (Å²) in [5.41, 5.74) is 1.60. The van der Waals surface area contributed by atoms with E-state index in [2.05, 4.69) is 0 Å². The Hall–Kier alpha value is -2.10. The SMILES string of the molecule is O=CC(C(=O)O)C1=CC=C2C=CC=CN2C1. The van der Waals surface area contributed by atoms with E-state index in [1.54, 1.807) is 6.08 Å². The van der Waals surface area contributed by atoms with E-state index in [0.717, 1.165) is 5.70 Å². The van der Waals surface area contributed by atoms with Crippen molar-refractivity contribution in [2.24, 2.45) is 5.92 Å². The molecule has 1 unspecified atom stereocenters. The van der Waals surface area contributed by atoms with Gasteiger partial charge in [-0.05, 0) is 23.8 Å². The summed E-state index contributed by atoms with van der Waals surface area (Å²) < 4.78 is 0. The number of aliphatic carboxylic acids is 1. The Morgan fingerprint density at radius 3 is 2.94 bits per heavy atom. The molecule has 0 radical (unpaired) electrons. The number of aldehydes is 1. The lowest BCUT2D eigenvalue weighted by Crippen LogP contribution is -2.29. The molecule has 0 saturated heterocycles. The average molecular weight is 217 g/mol. The van der Waals surface area contributed by atoms with E-state index in [1.807, 2.05) is 35.4 Å². The number of hydrogen-bond acceptors (Lipinski definition) is 3. The molecule has 1 N–H and O–H groups in total. The van der Waals surface area contributed by atoms with Crippen LogP contribution in [-0.4, -0.2) is 28.8 Å². The van der Waals surface area contributed by atoms with Gasteiger partial charge in [-0.15, -0.1) is 0 Å². The maximum Gasteiger partial charge on any atom is 0.318 e. The first-order chi connectivity index (χ1) is 7.72. The summed E-state index contributed by atoms with van der Waals surface area (Å²) in [4.78, 5) is 23.5. The Bertz CT molecular complexity index is 443. The summed E-state index contributed by atoms with van der Waals surface area (Å²) >= 11 is 0. The summed E-state index contributed by atoms with van der Waals surface area (Å²) in [6.07, 6.45) is 11.6. The van der Waals surface area contributed by atoms with E-state index in [0.29, 0.717) is 18.4 Å². The van der Waals surface area contributed by atoms with Crippen molar-refractivity contribution in [1.29, 1.82) is 0 Å². The summed E-state index contributed by atoms with van der Waals surface area (Å²) in [5, 5.41) is 8.88.